The van der Waals surface area contributed by atoms with Crippen LogP contribution in [0.4, 0.5) is 0 Å². The molecule has 0 aliphatic heterocycles. The summed E-state index contributed by atoms with van der Waals surface area (Å²) in [4.78, 5) is 28.4. The fourth-order valence-corrected chi connectivity index (χ4v) is 2.61. The minimum atomic E-state index is -1.09. The monoisotopic (exact) mass is 337 g/mol. The largest absolute Gasteiger partial charge is 0.480 e. The lowest BCUT2D eigenvalue weighted by Crippen LogP contribution is -2.39. The number of fused-ring (bicyclic) bond motifs is 1. The Hall–Kier alpha value is -3.15. The number of carbonyl (C=O) groups is 2. The zero-order chi connectivity index (χ0) is 18.1. The second kappa shape index (κ2) is 6.39. The van der Waals surface area contributed by atoms with E-state index in [1.807, 2.05) is 56.4 Å². The molecule has 0 aliphatic carbocycles. The molecule has 6 nitrogen and oxygen atoms in total. The molecular formula is C19H19N3O3. The summed E-state index contributed by atoms with van der Waals surface area (Å²) >= 11 is 0. The summed E-state index contributed by atoms with van der Waals surface area (Å²) in [5.41, 5.74) is 4.38. The lowest BCUT2D eigenvalue weighted by Gasteiger charge is -2.11. The van der Waals surface area contributed by atoms with Crippen LogP contribution in [0.1, 0.15) is 28.5 Å². The van der Waals surface area contributed by atoms with E-state index in [1.54, 1.807) is 4.40 Å². The number of imidazole rings is 1. The maximum Gasteiger partial charge on any atom is 0.325 e. The van der Waals surface area contributed by atoms with Crippen LogP contribution < -0.4 is 5.32 Å². The fraction of sp³-hybridized carbons (Fsp3) is 0.211. The van der Waals surface area contributed by atoms with Crippen molar-refractivity contribution in [3.05, 3.63) is 59.4 Å². The van der Waals surface area contributed by atoms with E-state index in [0.717, 1.165) is 16.7 Å². The molecule has 0 saturated heterocycles. The summed E-state index contributed by atoms with van der Waals surface area (Å²) in [6.07, 6.45) is 1.82. The molecule has 1 unspecified atom stereocenters. The van der Waals surface area contributed by atoms with Gasteiger partial charge in [-0.15, -0.1) is 0 Å². The van der Waals surface area contributed by atoms with Crippen molar-refractivity contribution in [2.24, 2.45) is 0 Å². The molecule has 6 heteroatoms. The number of carboxylic acid groups (broad SMARTS) is 1. The molecular weight excluding hydrogens is 318 g/mol. The third-order valence-electron chi connectivity index (χ3n) is 4.02. The molecule has 3 aromatic rings. The zero-order valence-corrected chi connectivity index (χ0v) is 14.3. The highest BCUT2D eigenvalue weighted by atomic mass is 16.4. The van der Waals surface area contributed by atoms with Crippen LogP contribution in [0, 0.1) is 13.8 Å². The van der Waals surface area contributed by atoms with Crippen molar-refractivity contribution in [3.63, 3.8) is 0 Å². The van der Waals surface area contributed by atoms with Gasteiger partial charge in [0, 0.05) is 11.8 Å². The van der Waals surface area contributed by atoms with Crippen LogP contribution in [0.15, 0.2) is 42.6 Å². The Balaban J connectivity index is 2.17. The number of pyridine rings is 1. The molecule has 2 aromatic heterocycles. The summed E-state index contributed by atoms with van der Waals surface area (Å²) in [6, 6.07) is 10.5. The van der Waals surface area contributed by atoms with E-state index in [2.05, 4.69) is 10.3 Å². The average Bonchev–Trinajstić information content (AvgIpc) is 2.93. The lowest BCUT2D eigenvalue weighted by atomic mass is 10.1. The Labute approximate surface area is 145 Å². The van der Waals surface area contributed by atoms with E-state index in [1.165, 1.54) is 6.92 Å². The van der Waals surface area contributed by atoms with Crippen LogP contribution in [0.2, 0.25) is 0 Å². The molecule has 25 heavy (non-hydrogen) atoms. The number of benzene rings is 1. The van der Waals surface area contributed by atoms with Crippen molar-refractivity contribution in [2.45, 2.75) is 26.8 Å². The van der Waals surface area contributed by atoms with E-state index in [0.29, 0.717) is 17.0 Å². The number of carbonyl (C=O) groups excluding carboxylic acids is 1. The summed E-state index contributed by atoms with van der Waals surface area (Å²) < 4.78 is 1.70. The molecule has 1 atom stereocenters. The first kappa shape index (κ1) is 16.7. The third kappa shape index (κ3) is 3.24. The Bertz CT molecular complexity index is 958. The number of hydrogen-bond acceptors (Lipinski definition) is 3. The number of aryl methyl sites for hydroxylation is 2. The van der Waals surface area contributed by atoms with Gasteiger partial charge in [0.15, 0.2) is 0 Å². The topological polar surface area (TPSA) is 83.7 Å². The van der Waals surface area contributed by atoms with Gasteiger partial charge in [0.05, 0.1) is 0 Å². The highest BCUT2D eigenvalue weighted by Gasteiger charge is 2.23. The summed E-state index contributed by atoms with van der Waals surface area (Å²) in [6.45, 7) is 5.34. The van der Waals surface area contributed by atoms with Gasteiger partial charge in [-0.25, -0.2) is 4.98 Å². The molecule has 1 aromatic carbocycles. The Morgan fingerprint density at radius 3 is 2.36 bits per heavy atom. The average molecular weight is 337 g/mol. The summed E-state index contributed by atoms with van der Waals surface area (Å²) in [5.74, 6) is -1.56. The van der Waals surface area contributed by atoms with Gasteiger partial charge in [-0.05, 0) is 32.4 Å². The number of hydrogen-bond donors (Lipinski definition) is 2. The van der Waals surface area contributed by atoms with Crippen molar-refractivity contribution in [1.29, 1.82) is 0 Å². The van der Waals surface area contributed by atoms with E-state index < -0.39 is 17.9 Å². The van der Waals surface area contributed by atoms with Gasteiger partial charge >= 0.3 is 5.97 Å². The van der Waals surface area contributed by atoms with Crippen molar-refractivity contribution >= 4 is 17.5 Å². The SMILES string of the molecule is Cc1ccc(-c2nc3ccc(C)cn3c2C(=O)NC(C)C(=O)O)cc1. The van der Waals surface area contributed by atoms with Crippen LogP contribution >= 0.6 is 0 Å². The van der Waals surface area contributed by atoms with Crippen LogP contribution in [-0.2, 0) is 4.79 Å². The molecule has 3 rings (SSSR count). The van der Waals surface area contributed by atoms with Crippen LogP contribution in [-0.4, -0.2) is 32.4 Å². The van der Waals surface area contributed by atoms with Crippen LogP contribution in [0.3, 0.4) is 0 Å². The minimum absolute atomic E-state index is 0.329. The van der Waals surface area contributed by atoms with E-state index in [-0.39, 0.29) is 0 Å². The van der Waals surface area contributed by atoms with E-state index in [4.69, 9.17) is 5.11 Å². The maximum absolute atomic E-state index is 12.8. The van der Waals surface area contributed by atoms with Gasteiger partial charge in [-0.3, -0.25) is 14.0 Å². The molecule has 128 valence electrons. The molecule has 2 heterocycles. The smallest absolute Gasteiger partial charge is 0.325 e. The first-order valence-electron chi connectivity index (χ1n) is 7.96. The fourth-order valence-electron chi connectivity index (χ4n) is 2.61. The second-order valence-corrected chi connectivity index (χ2v) is 6.14. The second-order valence-electron chi connectivity index (χ2n) is 6.14. The molecule has 0 fully saturated rings. The minimum Gasteiger partial charge on any atom is -0.480 e. The first-order chi connectivity index (χ1) is 11.9. The standard InChI is InChI=1S/C19H19N3O3/c1-11-4-7-14(8-5-11)16-17(18(23)20-13(3)19(24)25)22-10-12(2)6-9-15(22)21-16/h4-10,13H,1-3H3,(H,20,23)(H,24,25). The number of aliphatic carboxylic acids is 1. The van der Waals surface area contributed by atoms with Gasteiger partial charge < -0.3 is 10.4 Å². The highest BCUT2D eigenvalue weighted by Crippen LogP contribution is 2.25. The number of carboxylic acids is 1. The summed E-state index contributed by atoms with van der Waals surface area (Å²) in [7, 11) is 0. The van der Waals surface area contributed by atoms with Crippen molar-refractivity contribution in [3.8, 4) is 11.3 Å². The van der Waals surface area contributed by atoms with Gasteiger partial charge in [0.2, 0.25) is 0 Å². The quantitative estimate of drug-likeness (QED) is 0.767. The highest BCUT2D eigenvalue weighted by molar-refractivity contribution is 6.01. The Morgan fingerprint density at radius 2 is 1.72 bits per heavy atom. The van der Waals surface area contributed by atoms with Crippen LogP contribution in [0.25, 0.3) is 16.9 Å². The first-order valence-corrected chi connectivity index (χ1v) is 7.96. The molecule has 0 aliphatic rings. The van der Waals surface area contributed by atoms with Gasteiger partial charge in [0.25, 0.3) is 5.91 Å². The molecule has 0 spiro atoms. The normalized spacial score (nSPS) is 12.1. The van der Waals surface area contributed by atoms with Crippen LogP contribution in [0.5, 0.6) is 0 Å². The number of nitrogens with zero attached hydrogens (tertiary/aromatic N) is 2. The van der Waals surface area contributed by atoms with Gasteiger partial charge in [0.1, 0.15) is 23.1 Å². The number of amides is 1. The Morgan fingerprint density at radius 1 is 1.08 bits per heavy atom. The molecule has 0 radical (unpaired) electrons. The van der Waals surface area contributed by atoms with Crippen molar-refractivity contribution in [2.75, 3.05) is 0 Å². The molecule has 0 saturated carbocycles. The molecule has 0 bridgehead atoms. The number of nitrogens with one attached hydrogen (secondary N) is 1. The Kier molecular flexibility index (Phi) is 4.27. The number of rotatable bonds is 4. The van der Waals surface area contributed by atoms with Gasteiger partial charge in [-0.1, -0.05) is 35.9 Å². The maximum atomic E-state index is 12.8. The predicted molar refractivity (Wildman–Crippen MR) is 94.7 cm³/mol. The lowest BCUT2D eigenvalue weighted by molar-refractivity contribution is -0.138. The van der Waals surface area contributed by atoms with E-state index in [9.17, 15) is 9.59 Å². The van der Waals surface area contributed by atoms with E-state index >= 15 is 0 Å². The van der Waals surface area contributed by atoms with Crippen molar-refractivity contribution in [1.82, 2.24) is 14.7 Å². The molecule has 1 amide bonds. The van der Waals surface area contributed by atoms with Gasteiger partial charge in [-0.2, -0.15) is 0 Å². The van der Waals surface area contributed by atoms with Crippen molar-refractivity contribution < 1.29 is 14.7 Å². The zero-order valence-electron chi connectivity index (χ0n) is 14.3. The summed E-state index contributed by atoms with van der Waals surface area (Å²) in [5, 5.41) is 11.6. The number of aromatic nitrogens is 2. The molecule has 2 N–H and O–H groups in total. The predicted octanol–water partition coefficient (Wildman–Crippen LogP) is 2.82. The third-order valence-corrected chi connectivity index (χ3v) is 4.02.